The summed E-state index contributed by atoms with van der Waals surface area (Å²) < 4.78 is 29.5. The maximum absolute atomic E-state index is 12.7. The van der Waals surface area contributed by atoms with E-state index in [4.69, 9.17) is 0 Å². The van der Waals surface area contributed by atoms with Crippen LogP contribution in [0.25, 0.3) is 0 Å². The molecule has 0 atom stereocenters. The van der Waals surface area contributed by atoms with E-state index in [2.05, 4.69) is 15.1 Å². The lowest BCUT2D eigenvalue weighted by atomic mass is 10.1. The Morgan fingerprint density at radius 2 is 2.28 bits per heavy atom. The third kappa shape index (κ3) is 3.61. The van der Waals surface area contributed by atoms with Crippen LogP contribution in [0, 0.1) is 0 Å². The SMILES string of the molecule is CC(C)n1cc(CNS(=O)(=O)c2sc3c(c2C(=O)O)CCNC3)cn1. The molecule has 0 spiro atoms. The molecule has 3 heterocycles. The van der Waals surface area contributed by atoms with Crippen molar-refractivity contribution in [3.63, 3.8) is 0 Å². The Bertz CT molecular complexity index is 899. The van der Waals surface area contributed by atoms with Gasteiger partial charge in [0.15, 0.2) is 0 Å². The topological polar surface area (TPSA) is 113 Å². The molecule has 0 bridgehead atoms. The molecule has 0 saturated heterocycles. The summed E-state index contributed by atoms with van der Waals surface area (Å²) in [6, 6.07) is 0.181. The molecule has 0 unspecified atom stereocenters. The van der Waals surface area contributed by atoms with Crippen LogP contribution in [0.5, 0.6) is 0 Å². The molecular weight excluding hydrogens is 364 g/mol. The van der Waals surface area contributed by atoms with Gasteiger partial charge in [-0.2, -0.15) is 5.10 Å². The monoisotopic (exact) mass is 384 g/mol. The minimum atomic E-state index is -3.92. The number of nitrogens with one attached hydrogen (secondary N) is 2. The molecule has 0 amide bonds. The van der Waals surface area contributed by atoms with E-state index in [0.717, 1.165) is 21.8 Å². The van der Waals surface area contributed by atoms with Crippen molar-refractivity contribution >= 4 is 27.3 Å². The van der Waals surface area contributed by atoms with Gasteiger partial charge in [0.1, 0.15) is 4.21 Å². The summed E-state index contributed by atoms with van der Waals surface area (Å²) in [7, 11) is -3.92. The van der Waals surface area contributed by atoms with Gasteiger partial charge in [-0.25, -0.2) is 17.9 Å². The van der Waals surface area contributed by atoms with Gasteiger partial charge in [-0.1, -0.05) is 0 Å². The zero-order valence-electron chi connectivity index (χ0n) is 13.9. The number of hydrogen-bond donors (Lipinski definition) is 3. The van der Waals surface area contributed by atoms with E-state index >= 15 is 0 Å². The summed E-state index contributed by atoms with van der Waals surface area (Å²) in [6.07, 6.45) is 3.89. The average molecular weight is 384 g/mol. The van der Waals surface area contributed by atoms with Crippen molar-refractivity contribution in [2.75, 3.05) is 6.54 Å². The highest BCUT2D eigenvalue weighted by Gasteiger charge is 2.31. The number of aromatic nitrogens is 2. The van der Waals surface area contributed by atoms with Crippen molar-refractivity contribution in [2.24, 2.45) is 0 Å². The Kier molecular flexibility index (Phi) is 4.96. The Labute approximate surface area is 149 Å². The van der Waals surface area contributed by atoms with Gasteiger partial charge in [-0.3, -0.25) is 4.68 Å². The summed E-state index contributed by atoms with van der Waals surface area (Å²) >= 11 is 1.03. The first kappa shape index (κ1) is 18.1. The first-order valence-electron chi connectivity index (χ1n) is 7.91. The second-order valence-electron chi connectivity index (χ2n) is 6.15. The summed E-state index contributed by atoms with van der Waals surface area (Å²) in [4.78, 5) is 12.4. The van der Waals surface area contributed by atoms with Crippen LogP contribution in [0.15, 0.2) is 16.6 Å². The fraction of sp³-hybridized carbons (Fsp3) is 0.467. The van der Waals surface area contributed by atoms with Crippen molar-refractivity contribution in [1.82, 2.24) is 19.8 Å². The van der Waals surface area contributed by atoms with Crippen molar-refractivity contribution in [3.05, 3.63) is 34.0 Å². The van der Waals surface area contributed by atoms with E-state index < -0.39 is 16.0 Å². The molecule has 1 aliphatic rings. The van der Waals surface area contributed by atoms with Crippen LogP contribution in [0.1, 0.15) is 46.3 Å². The van der Waals surface area contributed by atoms with Crippen molar-refractivity contribution in [1.29, 1.82) is 0 Å². The zero-order chi connectivity index (χ0) is 18.2. The molecule has 3 N–H and O–H groups in total. The first-order valence-corrected chi connectivity index (χ1v) is 10.2. The summed E-state index contributed by atoms with van der Waals surface area (Å²) in [6.45, 7) is 5.16. The van der Waals surface area contributed by atoms with Crippen LogP contribution in [-0.2, 0) is 29.5 Å². The molecule has 1 aliphatic heterocycles. The van der Waals surface area contributed by atoms with Gasteiger partial charge >= 0.3 is 5.97 Å². The molecule has 3 rings (SSSR count). The molecule has 8 nitrogen and oxygen atoms in total. The molecule has 25 heavy (non-hydrogen) atoms. The minimum Gasteiger partial charge on any atom is -0.478 e. The predicted molar refractivity (Wildman–Crippen MR) is 93.3 cm³/mol. The predicted octanol–water partition coefficient (Wildman–Crippen LogP) is 1.35. The quantitative estimate of drug-likeness (QED) is 0.693. The Morgan fingerprint density at radius 3 is 2.92 bits per heavy atom. The Morgan fingerprint density at radius 1 is 1.52 bits per heavy atom. The highest BCUT2D eigenvalue weighted by atomic mass is 32.2. The molecule has 0 radical (unpaired) electrons. The highest BCUT2D eigenvalue weighted by Crippen LogP contribution is 2.34. The molecule has 2 aromatic rings. The van der Waals surface area contributed by atoms with Crippen LogP contribution >= 0.6 is 11.3 Å². The lowest BCUT2D eigenvalue weighted by Gasteiger charge is -2.12. The van der Waals surface area contributed by atoms with Gasteiger partial charge in [0.05, 0.1) is 11.8 Å². The van der Waals surface area contributed by atoms with Crippen LogP contribution in [0.3, 0.4) is 0 Å². The van der Waals surface area contributed by atoms with Crippen LogP contribution in [-0.4, -0.2) is 35.8 Å². The number of rotatable bonds is 6. The van der Waals surface area contributed by atoms with E-state index in [0.29, 0.717) is 25.1 Å². The number of hydrogen-bond acceptors (Lipinski definition) is 6. The van der Waals surface area contributed by atoms with Crippen molar-refractivity contribution in [2.45, 2.75) is 43.6 Å². The first-order chi connectivity index (χ1) is 11.8. The van der Waals surface area contributed by atoms with Crippen LogP contribution in [0.2, 0.25) is 0 Å². The molecule has 136 valence electrons. The van der Waals surface area contributed by atoms with Crippen LogP contribution < -0.4 is 10.0 Å². The van der Waals surface area contributed by atoms with Gasteiger partial charge < -0.3 is 10.4 Å². The van der Waals surface area contributed by atoms with Crippen molar-refractivity contribution < 1.29 is 18.3 Å². The largest absolute Gasteiger partial charge is 0.478 e. The summed E-state index contributed by atoms with van der Waals surface area (Å²) in [5, 5.41) is 16.8. The van der Waals surface area contributed by atoms with E-state index in [1.807, 2.05) is 13.8 Å². The number of thiophene rings is 1. The van der Waals surface area contributed by atoms with Gasteiger partial charge in [0, 0.05) is 35.8 Å². The number of aromatic carboxylic acids is 1. The number of carboxylic acids is 1. The van der Waals surface area contributed by atoms with Gasteiger partial charge in [-0.05, 0) is 32.4 Å². The molecule has 10 heteroatoms. The minimum absolute atomic E-state index is 0.0644. The fourth-order valence-corrected chi connectivity index (χ4v) is 5.63. The molecule has 0 aromatic carbocycles. The van der Waals surface area contributed by atoms with E-state index in [1.54, 1.807) is 17.1 Å². The number of nitrogens with zero attached hydrogens (tertiary/aromatic N) is 2. The molecule has 0 aliphatic carbocycles. The second kappa shape index (κ2) is 6.87. The maximum atomic E-state index is 12.7. The normalized spacial score (nSPS) is 14.7. The van der Waals surface area contributed by atoms with E-state index in [1.165, 1.54) is 0 Å². The van der Waals surface area contributed by atoms with Gasteiger partial charge in [0.2, 0.25) is 0 Å². The number of carbonyl (C=O) groups is 1. The highest BCUT2D eigenvalue weighted by molar-refractivity contribution is 7.91. The number of fused-ring (bicyclic) bond motifs is 1. The van der Waals surface area contributed by atoms with Crippen molar-refractivity contribution in [3.8, 4) is 0 Å². The fourth-order valence-electron chi connectivity index (χ4n) is 2.71. The number of sulfonamides is 1. The lowest BCUT2D eigenvalue weighted by Crippen LogP contribution is -2.25. The maximum Gasteiger partial charge on any atom is 0.338 e. The molecular formula is C15H20N4O4S2. The third-order valence-electron chi connectivity index (χ3n) is 4.00. The van der Waals surface area contributed by atoms with Gasteiger partial charge in [-0.15, -0.1) is 11.3 Å². The Balaban J connectivity index is 1.86. The lowest BCUT2D eigenvalue weighted by molar-refractivity contribution is 0.0692. The van der Waals surface area contributed by atoms with E-state index in [-0.39, 0.29) is 22.4 Å². The smallest absolute Gasteiger partial charge is 0.338 e. The van der Waals surface area contributed by atoms with Gasteiger partial charge in [0.25, 0.3) is 10.0 Å². The van der Waals surface area contributed by atoms with Crippen LogP contribution in [0.4, 0.5) is 0 Å². The third-order valence-corrected chi connectivity index (χ3v) is 7.16. The Hall–Kier alpha value is -1.75. The second-order valence-corrected chi connectivity index (χ2v) is 9.21. The molecule has 0 saturated carbocycles. The molecule has 0 fully saturated rings. The molecule has 2 aromatic heterocycles. The van der Waals surface area contributed by atoms with E-state index in [9.17, 15) is 18.3 Å². The standard InChI is InChI=1S/C15H20N4O4S2/c1-9(2)19-8-10(5-17-19)6-18-25(22,23)15-13(14(20)21)11-3-4-16-7-12(11)24-15/h5,8-9,16,18H,3-4,6-7H2,1-2H3,(H,20,21). The summed E-state index contributed by atoms with van der Waals surface area (Å²) in [5.74, 6) is -1.20. The number of carboxylic acid groups (broad SMARTS) is 1. The average Bonchev–Trinajstić information content (AvgIpc) is 3.18. The summed E-state index contributed by atoms with van der Waals surface area (Å²) in [5.41, 5.74) is 1.26. The zero-order valence-corrected chi connectivity index (χ0v) is 15.6.